The molecule has 0 bridgehead atoms. The third kappa shape index (κ3) is 2.56. The number of carboxylic acids is 1. The van der Waals surface area contributed by atoms with Gasteiger partial charge in [-0.25, -0.2) is 0 Å². The Hall–Kier alpha value is -1.36. The van der Waals surface area contributed by atoms with Crippen LogP contribution in [0.25, 0.3) is 0 Å². The van der Waals surface area contributed by atoms with Crippen LogP contribution in [0.4, 0.5) is 0 Å². The number of carboxylic acid groups (broad SMARTS) is 1. The Morgan fingerprint density at radius 2 is 2.39 bits per heavy atom. The average Bonchev–Trinajstić information content (AvgIpc) is 2.90. The van der Waals surface area contributed by atoms with Crippen LogP contribution >= 0.6 is 11.3 Å². The highest BCUT2D eigenvalue weighted by atomic mass is 32.1. The van der Waals surface area contributed by atoms with Crippen LogP contribution in [-0.4, -0.2) is 23.0 Å². The van der Waals surface area contributed by atoms with E-state index in [4.69, 9.17) is 0 Å². The van der Waals surface area contributed by atoms with Crippen molar-refractivity contribution in [3.8, 4) is 0 Å². The molecule has 1 heterocycles. The molecule has 0 aromatic carbocycles. The first-order chi connectivity index (χ1) is 8.52. The summed E-state index contributed by atoms with van der Waals surface area (Å²) in [6, 6.07) is 3.57. The monoisotopic (exact) mass is 267 g/mol. The highest BCUT2D eigenvalue weighted by Gasteiger charge is 2.45. The zero-order chi connectivity index (χ0) is 13.2. The summed E-state index contributed by atoms with van der Waals surface area (Å²) < 4.78 is 0. The van der Waals surface area contributed by atoms with E-state index < -0.39 is 11.4 Å². The van der Waals surface area contributed by atoms with Crippen molar-refractivity contribution in [2.45, 2.75) is 38.6 Å². The molecule has 1 fully saturated rings. The molecule has 1 aliphatic rings. The fourth-order valence-electron chi connectivity index (χ4n) is 2.47. The van der Waals surface area contributed by atoms with E-state index >= 15 is 0 Å². The Kier molecular flexibility index (Phi) is 3.71. The molecule has 0 aliphatic heterocycles. The summed E-state index contributed by atoms with van der Waals surface area (Å²) >= 11 is 1.54. The van der Waals surface area contributed by atoms with Gasteiger partial charge in [-0.1, -0.05) is 12.5 Å². The van der Waals surface area contributed by atoms with Gasteiger partial charge in [-0.3, -0.25) is 9.59 Å². The Balaban J connectivity index is 1.96. The Morgan fingerprint density at radius 1 is 1.61 bits per heavy atom. The zero-order valence-electron chi connectivity index (χ0n) is 10.3. The maximum atomic E-state index is 11.9. The van der Waals surface area contributed by atoms with Gasteiger partial charge in [-0.2, -0.15) is 0 Å². The molecule has 2 atom stereocenters. The van der Waals surface area contributed by atoms with Crippen LogP contribution in [0.15, 0.2) is 17.5 Å². The molecule has 18 heavy (non-hydrogen) atoms. The molecule has 0 spiro atoms. The average molecular weight is 267 g/mol. The van der Waals surface area contributed by atoms with E-state index in [1.807, 2.05) is 17.5 Å². The largest absolute Gasteiger partial charge is 0.481 e. The lowest BCUT2D eigenvalue weighted by atomic mass is 9.85. The van der Waals surface area contributed by atoms with Crippen molar-refractivity contribution < 1.29 is 14.7 Å². The molecule has 2 rings (SSSR count). The Labute approximate surface area is 110 Å². The molecule has 1 aliphatic carbocycles. The van der Waals surface area contributed by atoms with Gasteiger partial charge in [0.05, 0.1) is 11.8 Å². The third-order valence-corrected chi connectivity index (χ3v) is 4.57. The van der Waals surface area contributed by atoms with Crippen molar-refractivity contribution >= 4 is 23.2 Å². The summed E-state index contributed by atoms with van der Waals surface area (Å²) in [5, 5.41) is 14.1. The molecule has 1 aromatic heterocycles. The van der Waals surface area contributed by atoms with Crippen molar-refractivity contribution in [2.75, 3.05) is 0 Å². The maximum absolute atomic E-state index is 11.9. The first kappa shape index (κ1) is 13.1. The standard InChI is InChI=1S/C13H17NO3S/c1-13(12(16)17)6-2-5-10(13)14-11(15)8-9-4-3-7-18-9/h3-4,7,10H,2,5-6,8H2,1H3,(H,14,15)(H,16,17). The van der Waals surface area contributed by atoms with Gasteiger partial charge in [0, 0.05) is 10.9 Å². The van der Waals surface area contributed by atoms with Crippen LogP contribution in [0.3, 0.4) is 0 Å². The van der Waals surface area contributed by atoms with E-state index in [-0.39, 0.29) is 11.9 Å². The summed E-state index contributed by atoms with van der Waals surface area (Å²) in [4.78, 5) is 24.2. The van der Waals surface area contributed by atoms with Gasteiger partial charge in [0.1, 0.15) is 0 Å². The van der Waals surface area contributed by atoms with Gasteiger partial charge in [-0.05, 0) is 31.2 Å². The fraction of sp³-hybridized carbons (Fsp3) is 0.538. The minimum Gasteiger partial charge on any atom is -0.481 e. The van der Waals surface area contributed by atoms with Crippen molar-refractivity contribution in [1.29, 1.82) is 0 Å². The first-order valence-corrected chi connectivity index (χ1v) is 6.95. The second-order valence-corrected chi connectivity index (χ2v) is 6.02. The molecule has 5 heteroatoms. The van der Waals surface area contributed by atoms with E-state index in [0.29, 0.717) is 12.8 Å². The number of hydrogen-bond acceptors (Lipinski definition) is 3. The van der Waals surface area contributed by atoms with Crippen LogP contribution in [0, 0.1) is 5.41 Å². The lowest BCUT2D eigenvalue weighted by Crippen LogP contribution is -2.47. The minimum absolute atomic E-state index is 0.0863. The van der Waals surface area contributed by atoms with Crippen molar-refractivity contribution in [3.63, 3.8) is 0 Å². The van der Waals surface area contributed by atoms with Crippen LogP contribution < -0.4 is 5.32 Å². The lowest BCUT2D eigenvalue weighted by Gasteiger charge is -2.27. The SMILES string of the molecule is CC1(C(=O)O)CCCC1NC(=O)Cc1cccs1. The molecule has 1 aromatic rings. The topological polar surface area (TPSA) is 66.4 Å². The number of thiophene rings is 1. The summed E-state index contributed by atoms with van der Waals surface area (Å²) in [6.07, 6.45) is 2.57. The summed E-state index contributed by atoms with van der Waals surface area (Å²) in [6.45, 7) is 1.72. The first-order valence-electron chi connectivity index (χ1n) is 6.07. The third-order valence-electron chi connectivity index (χ3n) is 3.70. The van der Waals surface area contributed by atoms with Gasteiger partial charge < -0.3 is 10.4 Å². The lowest BCUT2D eigenvalue weighted by molar-refractivity contribution is -0.149. The Bertz CT molecular complexity index is 443. The molecular formula is C13H17NO3S. The molecule has 0 radical (unpaired) electrons. The molecule has 1 amide bonds. The number of amides is 1. The molecule has 2 unspecified atom stereocenters. The molecule has 1 saturated carbocycles. The fourth-order valence-corrected chi connectivity index (χ4v) is 3.17. The number of hydrogen-bond donors (Lipinski definition) is 2. The second kappa shape index (κ2) is 5.10. The Morgan fingerprint density at radius 3 is 3.00 bits per heavy atom. The maximum Gasteiger partial charge on any atom is 0.311 e. The highest BCUT2D eigenvalue weighted by molar-refractivity contribution is 7.10. The number of carbonyl (C=O) groups excluding carboxylic acids is 1. The molecule has 4 nitrogen and oxygen atoms in total. The van der Waals surface area contributed by atoms with Gasteiger partial charge in [0.2, 0.25) is 5.91 Å². The summed E-state index contributed by atoms with van der Waals surface area (Å²) in [5.41, 5.74) is -0.814. The van der Waals surface area contributed by atoms with E-state index in [0.717, 1.165) is 17.7 Å². The normalized spacial score (nSPS) is 27.1. The number of nitrogens with one attached hydrogen (secondary N) is 1. The van der Waals surface area contributed by atoms with Crippen LogP contribution in [-0.2, 0) is 16.0 Å². The van der Waals surface area contributed by atoms with Gasteiger partial charge in [0.25, 0.3) is 0 Å². The quantitative estimate of drug-likeness (QED) is 0.877. The van der Waals surface area contributed by atoms with Gasteiger partial charge in [-0.15, -0.1) is 11.3 Å². The van der Waals surface area contributed by atoms with E-state index in [1.54, 1.807) is 6.92 Å². The van der Waals surface area contributed by atoms with Crippen LogP contribution in [0.2, 0.25) is 0 Å². The van der Waals surface area contributed by atoms with Crippen LogP contribution in [0.5, 0.6) is 0 Å². The van der Waals surface area contributed by atoms with Crippen molar-refractivity contribution in [3.05, 3.63) is 22.4 Å². The summed E-state index contributed by atoms with van der Waals surface area (Å²) in [7, 11) is 0. The van der Waals surface area contributed by atoms with Gasteiger partial charge in [0.15, 0.2) is 0 Å². The molecule has 2 N–H and O–H groups in total. The van der Waals surface area contributed by atoms with Crippen molar-refractivity contribution in [1.82, 2.24) is 5.32 Å². The molecular weight excluding hydrogens is 250 g/mol. The predicted molar refractivity (Wildman–Crippen MR) is 69.5 cm³/mol. The van der Waals surface area contributed by atoms with E-state index in [2.05, 4.69) is 5.32 Å². The van der Waals surface area contributed by atoms with Crippen molar-refractivity contribution in [2.24, 2.45) is 5.41 Å². The van der Waals surface area contributed by atoms with E-state index in [9.17, 15) is 14.7 Å². The highest BCUT2D eigenvalue weighted by Crippen LogP contribution is 2.38. The molecule has 0 saturated heterocycles. The van der Waals surface area contributed by atoms with E-state index in [1.165, 1.54) is 11.3 Å². The summed E-state index contributed by atoms with van der Waals surface area (Å²) in [5.74, 6) is -0.904. The van der Waals surface area contributed by atoms with Gasteiger partial charge >= 0.3 is 5.97 Å². The van der Waals surface area contributed by atoms with Crippen LogP contribution in [0.1, 0.15) is 31.1 Å². The number of carbonyl (C=O) groups is 2. The smallest absolute Gasteiger partial charge is 0.311 e. The number of rotatable bonds is 4. The minimum atomic E-state index is -0.818. The second-order valence-electron chi connectivity index (χ2n) is 4.99. The molecule has 98 valence electrons. The number of aliphatic carboxylic acids is 1. The zero-order valence-corrected chi connectivity index (χ0v) is 11.1. The predicted octanol–water partition coefficient (Wildman–Crippen LogP) is 2.05.